The van der Waals surface area contributed by atoms with Crippen LogP contribution in [0.25, 0.3) is 0 Å². The van der Waals surface area contributed by atoms with Crippen LogP contribution in [0.4, 0.5) is 0 Å². The fraction of sp³-hybridized carbons (Fsp3) is 0.154. The minimum absolute atomic E-state index is 0.101. The van der Waals surface area contributed by atoms with Crippen LogP contribution in [-0.2, 0) is 9.53 Å². The molecule has 0 amide bonds. The number of ether oxygens (including phenoxy) is 1. The molecule has 1 aliphatic rings. The highest BCUT2D eigenvalue weighted by Gasteiger charge is 2.28. The summed E-state index contributed by atoms with van der Waals surface area (Å²) in [6.07, 6.45) is 1.09. The molecule has 1 aromatic rings. The number of fused-ring (bicyclic) bond motifs is 1. The van der Waals surface area contributed by atoms with Crippen LogP contribution in [0.2, 0.25) is 0 Å². The molecular formula is C13H10O4. The standard InChI is InChI=1S/C13H10O4/c1-17-7-12(15)10-6-11(14)8-4-2-3-5-9(8)13(10)16/h2-6H,7H2,1H3. The normalized spacial score (nSPS) is 14.3. The fourth-order valence-corrected chi connectivity index (χ4v) is 1.73. The Labute approximate surface area is 97.9 Å². The minimum Gasteiger partial charge on any atom is -0.377 e. The van der Waals surface area contributed by atoms with Gasteiger partial charge in [0.15, 0.2) is 17.3 Å². The predicted octanol–water partition coefficient (Wildman–Crippen LogP) is 1.21. The zero-order chi connectivity index (χ0) is 12.4. The van der Waals surface area contributed by atoms with Crippen molar-refractivity contribution in [2.75, 3.05) is 13.7 Å². The molecule has 0 fully saturated rings. The second kappa shape index (κ2) is 4.43. The van der Waals surface area contributed by atoms with E-state index in [9.17, 15) is 14.4 Å². The maximum Gasteiger partial charge on any atom is 0.197 e. The van der Waals surface area contributed by atoms with Crippen LogP contribution in [-0.4, -0.2) is 31.1 Å². The van der Waals surface area contributed by atoms with Gasteiger partial charge in [0, 0.05) is 24.3 Å². The van der Waals surface area contributed by atoms with Crippen molar-refractivity contribution in [1.29, 1.82) is 0 Å². The maximum atomic E-state index is 12.0. The molecule has 0 bridgehead atoms. The van der Waals surface area contributed by atoms with Crippen LogP contribution < -0.4 is 0 Å². The van der Waals surface area contributed by atoms with E-state index in [0.717, 1.165) is 6.08 Å². The summed E-state index contributed by atoms with van der Waals surface area (Å²) in [6, 6.07) is 6.46. The summed E-state index contributed by atoms with van der Waals surface area (Å²) in [5.74, 6) is -1.21. The predicted molar refractivity (Wildman–Crippen MR) is 60.1 cm³/mol. The highest BCUT2D eigenvalue weighted by atomic mass is 16.5. The molecule has 0 radical (unpaired) electrons. The van der Waals surface area contributed by atoms with Crippen LogP contribution in [0.3, 0.4) is 0 Å². The van der Waals surface area contributed by atoms with Gasteiger partial charge in [-0.25, -0.2) is 0 Å². The molecule has 0 aromatic heterocycles. The van der Waals surface area contributed by atoms with Crippen molar-refractivity contribution in [3.8, 4) is 0 Å². The number of carbonyl (C=O) groups is 3. The molecule has 1 aromatic carbocycles. The highest BCUT2D eigenvalue weighted by Crippen LogP contribution is 2.21. The molecule has 0 saturated heterocycles. The van der Waals surface area contributed by atoms with E-state index in [1.807, 2.05) is 0 Å². The number of allylic oxidation sites excluding steroid dienone is 1. The first-order valence-electron chi connectivity index (χ1n) is 5.07. The van der Waals surface area contributed by atoms with E-state index in [0.29, 0.717) is 5.56 Å². The molecule has 0 unspecified atom stereocenters. The van der Waals surface area contributed by atoms with Gasteiger partial charge in [-0.3, -0.25) is 14.4 Å². The first kappa shape index (κ1) is 11.4. The summed E-state index contributed by atoms with van der Waals surface area (Å²) < 4.78 is 4.67. The third-order valence-corrected chi connectivity index (χ3v) is 2.53. The molecule has 4 heteroatoms. The fourth-order valence-electron chi connectivity index (χ4n) is 1.73. The lowest BCUT2D eigenvalue weighted by Gasteiger charge is -2.13. The number of methoxy groups -OCH3 is 1. The Bertz CT molecular complexity index is 540. The average molecular weight is 230 g/mol. The minimum atomic E-state index is -0.472. The second-order valence-electron chi connectivity index (χ2n) is 3.65. The number of ketones is 3. The summed E-state index contributed by atoms with van der Waals surface area (Å²) >= 11 is 0. The topological polar surface area (TPSA) is 60.4 Å². The van der Waals surface area contributed by atoms with Gasteiger partial charge in [-0.1, -0.05) is 24.3 Å². The summed E-state index contributed by atoms with van der Waals surface area (Å²) in [5.41, 5.74) is 0.515. The number of benzene rings is 1. The first-order chi connectivity index (χ1) is 8.15. The van der Waals surface area contributed by atoms with Crippen LogP contribution in [0, 0.1) is 0 Å². The Kier molecular flexibility index (Phi) is 2.97. The van der Waals surface area contributed by atoms with Crippen LogP contribution in [0.1, 0.15) is 20.7 Å². The van der Waals surface area contributed by atoms with Gasteiger partial charge in [0.1, 0.15) is 6.61 Å². The van der Waals surface area contributed by atoms with Gasteiger partial charge in [0.2, 0.25) is 0 Å². The molecule has 86 valence electrons. The smallest absolute Gasteiger partial charge is 0.197 e. The Morgan fingerprint density at radius 1 is 1.18 bits per heavy atom. The molecule has 0 spiro atoms. The SMILES string of the molecule is COCC(=O)C1=CC(=O)c2ccccc2C1=O. The number of hydrogen-bond donors (Lipinski definition) is 0. The molecule has 0 aliphatic heterocycles. The summed E-state index contributed by atoms with van der Waals surface area (Å²) in [4.78, 5) is 35.3. The van der Waals surface area contributed by atoms with E-state index in [-0.39, 0.29) is 23.5 Å². The summed E-state index contributed by atoms with van der Waals surface area (Å²) in [6.45, 7) is -0.201. The van der Waals surface area contributed by atoms with Crippen molar-refractivity contribution in [3.63, 3.8) is 0 Å². The van der Waals surface area contributed by atoms with E-state index < -0.39 is 11.6 Å². The lowest BCUT2D eigenvalue weighted by atomic mass is 9.88. The van der Waals surface area contributed by atoms with Crippen molar-refractivity contribution >= 4 is 17.3 Å². The number of carbonyl (C=O) groups excluding carboxylic acids is 3. The largest absolute Gasteiger partial charge is 0.377 e. The Morgan fingerprint density at radius 3 is 2.47 bits per heavy atom. The molecule has 0 heterocycles. The van der Waals surface area contributed by atoms with Crippen molar-refractivity contribution in [1.82, 2.24) is 0 Å². The van der Waals surface area contributed by atoms with Gasteiger partial charge in [-0.2, -0.15) is 0 Å². The van der Waals surface area contributed by atoms with Crippen LogP contribution in [0.5, 0.6) is 0 Å². The summed E-state index contributed by atoms with van der Waals surface area (Å²) in [5, 5.41) is 0. The van der Waals surface area contributed by atoms with Gasteiger partial charge in [-0.05, 0) is 0 Å². The number of rotatable bonds is 3. The molecular weight excluding hydrogens is 220 g/mol. The van der Waals surface area contributed by atoms with Gasteiger partial charge in [0.25, 0.3) is 0 Å². The van der Waals surface area contributed by atoms with E-state index in [2.05, 4.69) is 4.74 Å². The monoisotopic (exact) mass is 230 g/mol. The van der Waals surface area contributed by atoms with E-state index >= 15 is 0 Å². The Balaban J connectivity index is 2.45. The molecule has 4 nitrogen and oxygen atoms in total. The lowest BCUT2D eigenvalue weighted by Crippen LogP contribution is -2.24. The van der Waals surface area contributed by atoms with Gasteiger partial charge < -0.3 is 4.74 Å². The van der Waals surface area contributed by atoms with E-state index in [4.69, 9.17) is 0 Å². The molecule has 0 saturated carbocycles. The number of hydrogen-bond acceptors (Lipinski definition) is 4. The van der Waals surface area contributed by atoms with Gasteiger partial charge >= 0.3 is 0 Å². The van der Waals surface area contributed by atoms with Gasteiger partial charge in [0.05, 0.1) is 5.57 Å². The third-order valence-electron chi connectivity index (χ3n) is 2.53. The molecule has 2 rings (SSSR count). The van der Waals surface area contributed by atoms with E-state index in [1.54, 1.807) is 24.3 Å². The Morgan fingerprint density at radius 2 is 1.82 bits per heavy atom. The first-order valence-corrected chi connectivity index (χ1v) is 5.07. The highest BCUT2D eigenvalue weighted by molar-refractivity contribution is 6.35. The lowest BCUT2D eigenvalue weighted by molar-refractivity contribution is -0.118. The van der Waals surface area contributed by atoms with Crippen molar-refractivity contribution in [2.45, 2.75) is 0 Å². The molecule has 0 atom stereocenters. The second-order valence-corrected chi connectivity index (χ2v) is 3.65. The molecule has 0 N–H and O–H groups in total. The third kappa shape index (κ3) is 1.94. The van der Waals surface area contributed by atoms with Crippen molar-refractivity contribution in [3.05, 3.63) is 47.0 Å². The van der Waals surface area contributed by atoms with E-state index in [1.165, 1.54) is 7.11 Å². The zero-order valence-corrected chi connectivity index (χ0v) is 9.23. The van der Waals surface area contributed by atoms with Gasteiger partial charge in [-0.15, -0.1) is 0 Å². The maximum absolute atomic E-state index is 12.0. The van der Waals surface area contributed by atoms with Crippen molar-refractivity contribution < 1.29 is 19.1 Å². The Hall–Kier alpha value is -2.07. The average Bonchev–Trinajstić information content (AvgIpc) is 2.34. The number of Topliss-reactive ketones (excluding diaryl/α,β-unsaturated/α-hetero) is 2. The van der Waals surface area contributed by atoms with Crippen molar-refractivity contribution in [2.24, 2.45) is 0 Å². The molecule has 17 heavy (non-hydrogen) atoms. The van der Waals surface area contributed by atoms with Crippen LogP contribution >= 0.6 is 0 Å². The zero-order valence-electron chi connectivity index (χ0n) is 9.23. The van der Waals surface area contributed by atoms with Crippen LogP contribution in [0.15, 0.2) is 35.9 Å². The molecule has 1 aliphatic carbocycles. The summed E-state index contributed by atoms with van der Waals surface area (Å²) in [7, 11) is 1.36. The quantitative estimate of drug-likeness (QED) is 0.732.